The van der Waals surface area contributed by atoms with E-state index in [1.54, 1.807) is 0 Å². The van der Waals surface area contributed by atoms with Crippen LogP contribution in [0, 0.1) is 0 Å². The summed E-state index contributed by atoms with van der Waals surface area (Å²) in [6.45, 7) is 6.30. The summed E-state index contributed by atoms with van der Waals surface area (Å²) in [5.74, 6) is -0.512. The van der Waals surface area contributed by atoms with Gasteiger partial charge in [0.05, 0.1) is 0 Å². The van der Waals surface area contributed by atoms with Crippen LogP contribution in [0.1, 0.15) is 33.6 Å². The average Bonchev–Trinajstić information content (AvgIpc) is 2.02. The van der Waals surface area contributed by atoms with E-state index < -0.39 is 11.6 Å². The van der Waals surface area contributed by atoms with Crippen molar-refractivity contribution in [1.82, 2.24) is 10.6 Å². The number of amides is 1. The van der Waals surface area contributed by atoms with Crippen molar-refractivity contribution in [2.75, 3.05) is 13.1 Å². The van der Waals surface area contributed by atoms with Crippen LogP contribution in [-0.2, 0) is 4.79 Å². The number of halogens is 1. The first-order chi connectivity index (χ1) is 6.33. The van der Waals surface area contributed by atoms with E-state index in [0.717, 1.165) is 25.9 Å². The van der Waals surface area contributed by atoms with E-state index >= 15 is 0 Å². The molecule has 0 bridgehead atoms. The van der Waals surface area contributed by atoms with Gasteiger partial charge in [-0.3, -0.25) is 4.79 Å². The number of rotatable bonds is 2. The van der Waals surface area contributed by atoms with Gasteiger partial charge < -0.3 is 10.6 Å². The maximum Gasteiger partial charge on any atom is 0.257 e. The highest BCUT2D eigenvalue weighted by molar-refractivity contribution is 5.84. The number of nitrogens with one attached hydrogen (secondary N) is 2. The van der Waals surface area contributed by atoms with Gasteiger partial charge in [0.15, 0.2) is 5.67 Å². The molecular weight excluding hydrogens is 183 g/mol. The first kappa shape index (κ1) is 11.4. The molecule has 1 amide bonds. The summed E-state index contributed by atoms with van der Waals surface area (Å²) >= 11 is 0. The average molecular weight is 202 g/mol. The normalized spacial score (nSPS) is 21.7. The van der Waals surface area contributed by atoms with Gasteiger partial charge in [0.25, 0.3) is 5.91 Å². The van der Waals surface area contributed by atoms with Crippen LogP contribution in [0.25, 0.3) is 0 Å². The lowest BCUT2D eigenvalue weighted by molar-refractivity contribution is -0.133. The van der Waals surface area contributed by atoms with E-state index in [4.69, 9.17) is 0 Å². The second-order valence-corrected chi connectivity index (χ2v) is 4.74. The van der Waals surface area contributed by atoms with E-state index in [0.29, 0.717) is 0 Å². The number of alkyl halides is 1. The summed E-state index contributed by atoms with van der Waals surface area (Å²) in [6.07, 6.45) is 1.71. The lowest BCUT2D eigenvalue weighted by Crippen LogP contribution is -2.56. The lowest BCUT2D eigenvalue weighted by Gasteiger charge is -2.36. The summed E-state index contributed by atoms with van der Waals surface area (Å²) in [5, 5.41) is 5.99. The standard InChI is InChI=1S/C10H19FN2O/c1-9(2,11)8(14)13-10(3)4-6-12-7-5-10/h12H,4-7H2,1-3H3,(H,13,14). The van der Waals surface area contributed by atoms with E-state index in [1.807, 2.05) is 6.92 Å². The Kier molecular flexibility index (Phi) is 3.14. The fourth-order valence-electron chi connectivity index (χ4n) is 1.53. The van der Waals surface area contributed by atoms with Gasteiger partial charge >= 0.3 is 0 Å². The van der Waals surface area contributed by atoms with Crippen molar-refractivity contribution in [1.29, 1.82) is 0 Å². The number of hydrogen-bond donors (Lipinski definition) is 2. The molecule has 0 radical (unpaired) electrons. The van der Waals surface area contributed by atoms with Crippen LogP contribution in [0.3, 0.4) is 0 Å². The molecule has 14 heavy (non-hydrogen) atoms. The molecule has 0 aliphatic carbocycles. The number of hydrogen-bond acceptors (Lipinski definition) is 2. The summed E-state index contributed by atoms with van der Waals surface area (Å²) in [7, 11) is 0. The van der Waals surface area contributed by atoms with E-state index in [9.17, 15) is 9.18 Å². The third kappa shape index (κ3) is 2.94. The van der Waals surface area contributed by atoms with Gasteiger partial charge in [-0.15, -0.1) is 0 Å². The molecule has 82 valence electrons. The highest BCUT2D eigenvalue weighted by atomic mass is 19.1. The molecule has 1 saturated heterocycles. The molecule has 0 unspecified atom stereocenters. The molecule has 0 spiro atoms. The zero-order valence-corrected chi connectivity index (χ0v) is 9.11. The van der Waals surface area contributed by atoms with Crippen molar-refractivity contribution in [2.24, 2.45) is 0 Å². The Balaban J connectivity index is 2.54. The van der Waals surface area contributed by atoms with Crippen LogP contribution in [0.15, 0.2) is 0 Å². The summed E-state index contributed by atoms with van der Waals surface area (Å²) in [5.41, 5.74) is -2.03. The molecule has 1 rings (SSSR count). The van der Waals surface area contributed by atoms with E-state index in [2.05, 4.69) is 10.6 Å². The Bertz CT molecular complexity index is 217. The quantitative estimate of drug-likeness (QED) is 0.701. The molecule has 3 nitrogen and oxygen atoms in total. The van der Waals surface area contributed by atoms with Gasteiger partial charge in [-0.2, -0.15) is 0 Å². The minimum absolute atomic E-state index is 0.244. The van der Waals surface area contributed by atoms with Crippen molar-refractivity contribution in [2.45, 2.75) is 44.8 Å². The van der Waals surface area contributed by atoms with Crippen LogP contribution in [-0.4, -0.2) is 30.2 Å². The summed E-state index contributed by atoms with van der Waals surface area (Å²) < 4.78 is 13.3. The van der Waals surface area contributed by atoms with Gasteiger partial charge in [-0.1, -0.05) is 0 Å². The Morgan fingerprint density at radius 1 is 1.43 bits per heavy atom. The molecular formula is C10H19FN2O. The predicted molar refractivity (Wildman–Crippen MR) is 53.8 cm³/mol. The van der Waals surface area contributed by atoms with Crippen molar-refractivity contribution >= 4 is 5.91 Å². The molecule has 0 aromatic rings. The SMILES string of the molecule is CC1(NC(=O)C(C)(C)F)CCNCC1. The first-order valence-corrected chi connectivity index (χ1v) is 5.06. The molecule has 0 saturated carbocycles. The highest BCUT2D eigenvalue weighted by Crippen LogP contribution is 2.19. The van der Waals surface area contributed by atoms with Crippen molar-refractivity contribution in [3.05, 3.63) is 0 Å². The molecule has 1 heterocycles. The second kappa shape index (κ2) is 3.85. The van der Waals surface area contributed by atoms with Crippen LogP contribution in [0.5, 0.6) is 0 Å². The Labute approximate surface area is 84.4 Å². The molecule has 1 aliphatic rings. The minimum Gasteiger partial charge on any atom is -0.348 e. The molecule has 0 aromatic carbocycles. The van der Waals surface area contributed by atoms with Gasteiger partial charge in [-0.25, -0.2) is 4.39 Å². The van der Waals surface area contributed by atoms with Crippen LogP contribution in [0.4, 0.5) is 4.39 Å². The van der Waals surface area contributed by atoms with E-state index in [1.165, 1.54) is 13.8 Å². The van der Waals surface area contributed by atoms with Crippen LogP contribution < -0.4 is 10.6 Å². The predicted octanol–water partition coefficient (Wildman–Crippen LogP) is 0.993. The molecule has 0 atom stereocenters. The zero-order chi connectivity index (χ0) is 10.8. The number of carbonyl (C=O) groups is 1. The smallest absolute Gasteiger partial charge is 0.257 e. The monoisotopic (exact) mass is 202 g/mol. The third-order valence-electron chi connectivity index (χ3n) is 2.66. The summed E-state index contributed by atoms with van der Waals surface area (Å²) in [6, 6.07) is 0. The molecule has 4 heteroatoms. The lowest BCUT2D eigenvalue weighted by atomic mass is 9.90. The van der Waals surface area contributed by atoms with Gasteiger partial charge in [0, 0.05) is 5.54 Å². The minimum atomic E-state index is -1.78. The second-order valence-electron chi connectivity index (χ2n) is 4.74. The fourth-order valence-corrected chi connectivity index (χ4v) is 1.53. The fraction of sp³-hybridized carbons (Fsp3) is 0.900. The van der Waals surface area contributed by atoms with Crippen molar-refractivity contribution in [3.63, 3.8) is 0 Å². The summed E-state index contributed by atoms with van der Waals surface area (Å²) in [4.78, 5) is 11.4. The molecule has 2 N–H and O–H groups in total. The zero-order valence-electron chi connectivity index (χ0n) is 9.11. The Morgan fingerprint density at radius 2 is 1.93 bits per heavy atom. The first-order valence-electron chi connectivity index (χ1n) is 5.06. The topological polar surface area (TPSA) is 41.1 Å². The Morgan fingerprint density at radius 3 is 2.36 bits per heavy atom. The highest BCUT2D eigenvalue weighted by Gasteiger charge is 2.34. The largest absolute Gasteiger partial charge is 0.348 e. The van der Waals surface area contributed by atoms with Gasteiger partial charge in [0.2, 0.25) is 0 Å². The Hall–Kier alpha value is -0.640. The van der Waals surface area contributed by atoms with Gasteiger partial charge in [-0.05, 0) is 46.7 Å². The van der Waals surface area contributed by atoms with Crippen LogP contribution in [0.2, 0.25) is 0 Å². The third-order valence-corrected chi connectivity index (χ3v) is 2.66. The van der Waals surface area contributed by atoms with E-state index in [-0.39, 0.29) is 5.54 Å². The maximum absolute atomic E-state index is 13.3. The maximum atomic E-state index is 13.3. The van der Waals surface area contributed by atoms with Gasteiger partial charge in [0.1, 0.15) is 0 Å². The molecule has 1 fully saturated rings. The molecule has 0 aromatic heterocycles. The van der Waals surface area contributed by atoms with Crippen molar-refractivity contribution in [3.8, 4) is 0 Å². The number of piperidine rings is 1. The van der Waals surface area contributed by atoms with Crippen molar-refractivity contribution < 1.29 is 9.18 Å². The molecule has 1 aliphatic heterocycles. The van der Waals surface area contributed by atoms with Crippen LogP contribution >= 0.6 is 0 Å². The number of carbonyl (C=O) groups excluding carboxylic acids is 1.